The number of hydrogen-bond acceptors (Lipinski definition) is 4. The normalized spacial score (nSPS) is 16.9. The van der Waals surface area contributed by atoms with E-state index < -0.39 is 11.6 Å². The molecule has 1 amide bonds. The molecule has 0 heterocycles. The third kappa shape index (κ3) is 4.90. The number of nitrogens with one attached hydrogen (secondary N) is 1. The molecule has 1 fully saturated rings. The topological polar surface area (TPSA) is 64.6 Å². The van der Waals surface area contributed by atoms with E-state index >= 15 is 0 Å². The Morgan fingerprint density at radius 3 is 2.47 bits per heavy atom. The lowest BCUT2D eigenvalue weighted by atomic mass is 9.98. The summed E-state index contributed by atoms with van der Waals surface area (Å²) in [6, 6.07) is 0. The van der Waals surface area contributed by atoms with Crippen molar-refractivity contribution in [3.63, 3.8) is 0 Å². The summed E-state index contributed by atoms with van der Waals surface area (Å²) in [5, 5.41) is 2.68. The molecule has 1 N–H and O–H groups in total. The highest BCUT2D eigenvalue weighted by molar-refractivity contribution is 6.17. The summed E-state index contributed by atoms with van der Waals surface area (Å²) in [5.41, 5.74) is -0.896. The fraction of sp³-hybridized carbons (Fsp3) is 0.846. The van der Waals surface area contributed by atoms with Crippen molar-refractivity contribution in [3.05, 3.63) is 0 Å². The van der Waals surface area contributed by atoms with Crippen molar-refractivity contribution in [2.75, 3.05) is 19.1 Å². The summed E-state index contributed by atoms with van der Waals surface area (Å²) in [6.45, 7) is 2.57. The number of hydrogen-bond donors (Lipinski definition) is 1. The SMILES string of the molecule is CCCOC(=O)C1(NC(=O)OCCCCl)CCCC1. The first-order valence-corrected chi connectivity index (χ1v) is 7.36. The molecule has 1 aliphatic rings. The first-order chi connectivity index (χ1) is 9.14. The van der Waals surface area contributed by atoms with Gasteiger partial charge in [0.05, 0.1) is 13.2 Å². The molecule has 5 nitrogen and oxygen atoms in total. The maximum atomic E-state index is 12.1. The Bertz CT molecular complexity index is 303. The van der Waals surface area contributed by atoms with Crippen molar-refractivity contribution in [2.24, 2.45) is 0 Å². The molecular weight excluding hydrogens is 270 g/mol. The second-order valence-electron chi connectivity index (χ2n) is 4.73. The van der Waals surface area contributed by atoms with E-state index in [9.17, 15) is 9.59 Å². The molecule has 110 valence electrons. The number of rotatable bonds is 7. The van der Waals surface area contributed by atoms with E-state index in [-0.39, 0.29) is 12.6 Å². The van der Waals surface area contributed by atoms with Gasteiger partial charge in [-0.25, -0.2) is 9.59 Å². The molecule has 0 aromatic carbocycles. The largest absolute Gasteiger partial charge is 0.464 e. The van der Waals surface area contributed by atoms with Gasteiger partial charge in [0.1, 0.15) is 5.54 Å². The fourth-order valence-corrected chi connectivity index (χ4v) is 2.25. The van der Waals surface area contributed by atoms with E-state index in [4.69, 9.17) is 21.1 Å². The highest BCUT2D eigenvalue weighted by atomic mass is 35.5. The van der Waals surface area contributed by atoms with Gasteiger partial charge in [0.2, 0.25) is 0 Å². The number of esters is 1. The third-order valence-corrected chi connectivity index (χ3v) is 3.40. The van der Waals surface area contributed by atoms with Gasteiger partial charge >= 0.3 is 12.1 Å². The molecule has 0 unspecified atom stereocenters. The lowest BCUT2D eigenvalue weighted by molar-refractivity contribution is -0.151. The lowest BCUT2D eigenvalue weighted by Gasteiger charge is -2.27. The number of carbonyl (C=O) groups excluding carboxylic acids is 2. The van der Waals surface area contributed by atoms with Crippen LogP contribution in [0.3, 0.4) is 0 Å². The van der Waals surface area contributed by atoms with Crippen LogP contribution < -0.4 is 5.32 Å². The molecule has 0 bridgehead atoms. The highest BCUT2D eigenvalue weighted by Crippen LogP contribution is 2.31. The van der Waals surface area contributed by atoms with E-state index in [1.54, 1.807) is 0 Å². The van der Waals surface area contributed by atoms with Gasteiger partial charge in [-0.3, -0.25) is 0 Å². The maximum Gasteiger partial charge on any atom is 0.408 e. The minimum atomic E-state index is -0.896. The Kier molecular flexibility index (Phi) is 6.99. The lowest BCUT2D eigenvalue weighted by Crippen LogP contribution is -2.53. The third-order valence-electron chi connectivity index (χ3n) is 3.14. The average Bonchev–Trinajstić information content (AvgIpc) is 2.86. The summed E-state index contributed by atoms with van der Waals surface area (Å²) in [7, 11) is 0. The molecule has 0 radical (unpaired) electrons. The van der Waals surface area contributed by atoms with Gasteiger partial charge in [-0.1, -0.05) is 19.8 Å². The Balaban J connectivity index is 2.51. The second kappa shape index (κ2) is 8.25. The van der Waals surface area contributed by atoms with Crippen LogP contribution in [-0.2, 0) is 14.3 Å². The molecule has 0 spiro atoms. The molecule has 0 atom stereocenters. The maximum absolute atomic E-state index is 12.1. The first-order valence-electron chi connectivity index (χ1n) is 6.83. The zero-order valence-electron chi connectivity index (χ0n) is 11.4. The number of halogens is 1. The first kappa shape index (κ1) is 16.1. The second-order valence-corrected chi connectivity index (χ2v) is 5.11. The Labute approximate surface area is 119 Å². The summed E-state index contributed by atoms with van der Waals surface area (Å²) in [6.07, 6.45) is 3.83. The molecule has 1 saturated carbocycles. The molecule has 0 aromatic heterocycles. The van der Waals surface area contributed by atoms with Crippen LogP contribution in [0.25, 0.3) is 0 Å². The molecular formula is C13H22ClNO4. The zero-order chi connectivity index (χ0) is 14.1. The van der Waals surface area contributed by atoms with Gasteiger partial charge in [-0.15, -0.1) is 11.6 Å². The Morgan fingerprint density at radius 2 is 1.89 bits per heavy atom. The van der Waals surface area contributed by atoms with Crippen molar-refractivity contribution >= 4 is 23.7 Å². The van der Waals surface area contributed by atoms with E-state index in [1.165, 1.54) is 0 Å². The van der Waals surface area contributed by atoms with Crippen LogP contribution in [0.4, 0.5) is 4.79 Å². The minimum Gasteiger partial charge on any atom is -0.464 e. The number of amides is 1. The molecule has 0 saturated heterocycles. The van der Waals surface area contributed by atoms with Crippen molar-refractivity contribution in [2.45, 2.75) is 51.0 Å². The van der Waals surface area contributed by atoms with Crippen LogP contribution in [0.5, 0.6) is 0 Å². The molecule has 1 rings (SSSR count). The zero-order valence-corrected chi connectivity index (χ0v) is 12.1. The van der Waals surface area contributed by atoms with Gasteiger partial charge in [0, 0.05) is 5.88 Å². The summed E-state index contributed by atoms with van der Waals surface area (Å²) in [5.74, 6) is 0.0953. The summed E-state index contributed by atoms with van der Waals surface area (Å²) < 4.78 is 10.2. The quantitative estimate of drug-likeness (QED) is 0.445. The molecule has 0 aliphatic heterocycles. The van der Waals surface area contributed by atoms with Crippen molar-refractivity contribution in [1.82, 2.24) is 5.32 Å². The number of ether oxygens (including phenoxy) is 2. The number of carbonyl (C=O) groups is 2. The van der Waals surface area contributed by atoms with E-state index in [2.05, 4.69) is 5.32 Å². The molecule has 6 heteroatoms. The Hall–Kier alpha value is -0.970. The average molecular weight is 292 g/mol. The van der Waals surface area contributed by atoms with E-state index in [1.807, 2.05) is 6.92 Å². The van der Waals surface area contributed by atoms with Gasteiger partial charge < -0.3 is 14.8 Å². The van der Waals surface area contributed by atoms with Crippen LogP contribution in [0.2, 0.25) is 0 Å². The predicted molar refractivity (Wildman–Crippen MR) is 72.3 cm³/mol. The van der Waals surface area contributed by atoms with E-state index in [0.29, 0.717) is 31.7 Å². The van der Waals surface area contributed by atoms with Gasteiger partial charge in [-0.05, 0) is 25.7 Å². The van der Waals surface area contributed by atoms with Crippen LogP contribution in [0, 0.1) is 0 Å². The predicted octanol–water partition coefficient (Wildman–Crippen LogP) is 2.61. The summed E-state index contributed by atoms with van der Waals surface area (Å²) in [4.78, 5) is 23.8. The standard InChI is InChI=1S/C13H22ClNO4/c1-2-9-18-11(16)13(6-3-4-7-13)15-12(17)19-10-5-8-14/h2-10H2,1H3,(H,15,17). The van der Waals surface area contributed by atoms with Crippen LogP contribution in [0.15, 0.2) is 0 Å². The van der Waals surface area contributed by atoms with Gasteiger partial charge in [0.15, 0.2) is 0 Å². The van der Waals surface area contributed by atoms with Crippen molar-refractivity contribution in [1.29, 1.82) is 0 Å². The molecule has 0 aromatic rings. The van der Waals surface area contributed by atoms with Crippen LogP contribution >= 0.6 is 11.6 Å². The van der Waals surface area contributed by atoms with Gasteiger partial charge in [-0.2, -0.15) is 0 Å². The molecule has 1 aliphatic carbocycles. The highest BCUT2D eigenvalue weighted by Gasteiger charge is 2.44. The number of alkyl halides is 1. The monoisotopic (exact) mass is 291 g/mol. The fourth-order valence-electron chi connectivity index (χ4n) is 2.14. The molecule has 19 heavy (non-hydrogen) atoms. The van der Waals surface area contributed by atoms with Crippen LogP contribution in [0.1, 0.15) is 45.4 Å². The Morgan fingerprint density at radius 1 is 1.21 bits per heavy atom. The van der Waals surface area contributed by atoms with E-state index in [0.717, 1.165) is 19.3 Å². The van der Waals surface area contributed by atoms with Crippen molar-refractivity contribution < 1.29 is 19.1 Å². The smallest absolute Gasteiger partial charge is 0.408 e. The minimum absolute atomic E-state index is 0.259. The van der Waals surface area contributed by atoms with Crippen molar-refractivity contribution in [3.8, 4) is 0 Å². The number of alkyl carbamates (subject to hydrolysis) is 1. The van der Waals surface area contributed by atoms with Crippen LogP contribution in [-0.4, -0.2) is 36.7 Å². The van der Waals surface area contributed by atoms with Gasteiger partial charge in [0.25, 0.3) is 0 Å². The summed E-state index contributed by atoms with van der Waals surface area (Å²) >= 11 is 5.50.